The zero-order valence-electron chi connectivity index (χ0n) is 20.2. The Morgan fingerprint density at radius 2 is 1.03 bits per heavy atom. The Morgan fingerprint density at radius 1 is 0.567 bits per heavy atom. The lowest BCUT2D eigenvalue weighted by Gasteiger charge is -2.23. The molecule has 1 aromatic rings. The van der Waals surface area contributed by atoms with Crippen LogP contribution in [-0.2, 0) is 16.0 Å². The molecule has 0 saturated heterocycles. The molecule has 0 amide bonds. The molecule has 0 aliphatic rings. The Balaban J connectivity index is 2.26. The number of hydrogen-bond donors (Lipinski definition) is 0. The van der Waals surface area contributed by atoms with Crippen molar-refractivity contribution in [2.24, 2.45) is 0 Å². The van der Waals surface area contributed by atoms with Crippen molar-refractivity contribution in [3.8, 4) is 0 Å². The third kappa shape index (κ3) is 13.3. The second kappa shape index (κ2) is 18.8. The molecule has 0 N–H and O–H groups in total. The molecule has 0 unspecified atom stereocenters. The minimum absolute atomic E-state index is 0.834. The van der Waals surface area contributed by atoms with Gasteiger partial charge in [0.2, 0.25) is 0 Å². The quantitative estimate of drug-likeness (QED) is 0.297. The molecule has 0 heterocycles. The van der Waals surface area contributed by atoms with Gasteiger partial charge in [-0.05, 0) is 44.6 Å². The molecule has 0 aliphatic carbocycles. The number of rotatable bonds is 20. The van der Waals surface area contributed by atoms with Gasteiger partial charge in [0.25, 0.3) is 0 Å². The monoisotopic (exact) mass is 421 g/mol. The summed E-state index contributed by atoms with van der Waals surface area (Å²) in [6.07, 6.45) is 2.15. The van der Waals surface area contributed by atoms with Gasteiger partial charge < -0.3 is 19.3 Å². The molecule has 0 bridgehead atoms. The lowest BCUT2D eigenvalue weighted by atomic mass is 10.2. The maximum absolute atomic E-state index is 5.87. The van der Waals surface area contributed by atoms with E-state index in [-0.39, 0.29) is 0 Å². The fraction of sp³-hybridized carbons (Fsp3) is 0.760. The first-order valence-corrected chi connectivity index (χ1v) is 12.1. The number of ether oxygens (including phenoxy) is 2. The van der Waals surface area contributed by atoms with Crippen molar-refractivity contribution in [3.05, 3.63) is 35.9 Å². The van der Waals surface area contributed by atoms with Crippen LogP contribution in [0.2, 0.25) is 0 Å². The molecule has 0 saturated carbocycles. The van der Waals surface area contributed by atoms with E-state index in [0.717, 1.165) is 98.2 Å². The first kappa shape index (κ1) is 27.1. The van der Waals surface area contributed by atoms with E-state index in [9.17, 15) is 0 Å². The van der Waals surface area contributed by atoms with Gasteiger partial charge in [0, 0.05) is 45.9 Å². The van der Waals surface area contributed by atoms with E-state index >= 15 is 0 Å². The highest BCUT2D eigenvalue weighted by molar-refractivity contribution is 5.14. The lowest BCUT2D eigenvalue weighted by Crippen LogP contribution is -2.29. The predicted molar refractivity (Wildman–Crippen MR) is 128 cm³/mol. The molecule has 0 atom stereocenters. The molecule has 5 nitrogen and oxygen atoms in total. The van der Waals surface area contributed by atoms with Gasteiger partial charge >= 0.3 is 0 Å². The van der Waals surface area contributed by atoms with Crippen LogP contribution in [0.1, 0.15) is 46.1 Å². The maximum Gasteiger partial charge on any atom is 0.0593 e. The number of benzene rings is 1. The minimum Gasteiger partial charge on any atom is -0.380 e. The summed E-state index contributed by atoms with van der Waals surface area (Å²) in [5.41, 5.74) is 1.38. The van der Waals surface area contributed by atoms with Gasteiger partial charge in [-0.1, -0.05) is 58.0 Å². The molecular weight excluding hydrogens is 374 g/mol. The molecule has 0 radical (unpaired) electrons. The molecule has 1 aromatic carbocycles. The standard InChI is InChI=1S/C25H47N3O2/c1-5-26(6-2)18-22-29-20-12-16-28(24-25-14-10-9-11-15-25)17-13-21-30-23-19-27(7-3)8-4/h9-11,14-15H,5-8,12-13,16-24H2,1-4H3. The highest BCUT2D eigenvalue weighted by atomic mass is 16.5. The second-order valence-corrected chi connectivity index (χ2v) is 7.75. The van der Waals surface area contributed by atoms with Crippen molar-refractivity contribution in [1.29, 1.82) is 0 Å². The highest BCUT2D eigenvalue weighted by Gasteiger charge is 2.07. The Bertz CT molecular complexity index is 455. The van der Waals surface area contributed by atoms with Crippen LogP contribution in [0.5, 0.6) is 0 Å². The molecule has 0 aliphatic heterocycles. The molecule has 1 rings (SSSR count). The van der Waals surface area contributed by atoms with Gasteiger partial charge in [-0.3, -0.25) is 4.90 Å². The molecule has 5 heteroatoms. The summed E-state index contributed by atoms with van der Waals surface area (Å²) in [7, 11) is 0. The molecule has 30 heavy (non-hydrogen) atoms. The van der Waals surface area contributed by atoms with Gasteiger partial charge in [-0.15, -0.1) is 0 Å². The topological polar surface area (TPSA) is 28.2 Å². The van der Waals surface area contributed by atoms with E-state index < -0.39 is 0 Å². The average molecular weight is 422 g/mol. The molecule has 0 fully saturated rings. The molecule has 174 valence electrons. The van der Waals surface area contributed by atoms with Crippen LogP contribution in [-0.4, -0.2) is 93.5 Å². The van der Waals surface area contributed by atoms with Crippen molar-refractivity contribution < 1.29 is 9.47 Å². The summed E-state index contributed by atoms with van der Waals surface area (Å²) in [4.78, 5) is 7.35. The van der Waals surface area contributed by atoms with Crippen LogP contribution in [0.4, 0.5) is 0 Å². The SMILES string of the molecule is CCN(CC)CCOCCCN(CCCOCCN(CC)CC)Cc1ccccc1. The van der Waals surface area contributed by atoms with Crippen LogP contribution < -0.4 is 0 Å². The largest absolute Gasteiger partial charge is 0.380 e. The number of hydrogen-bond acceptors (Lipinski definition) is 5. The van der Waals surface area contributed by atoms with Crippen molar-refractivity contribution in [1.82, 2.24) is 14.7 Å². The molecule has 0 aromatic heterocycles. The summed E-state index contributed by atoms with van der Waals surface area (Å²) >= 11 is 0. The van der Waals surface area contributed by atoms with Crippen LogP contribution >= 0.6 is 0 Å². The summed E-state index contributed by atoms with van der Waals surface area (Å²) in [5.74, 6) is 0. The first-order valence-electron chi connectivity index (χ1n) is 12.1. The third-order valence-electron chi connectivity index (χ3n) is 5.67. The van der Waals surface area contributed by atoms with Crippen LogP contribution in [0, 0.1) is 0 Å². The summed E-state index contributed by atoms with van der Waals surface area (Å²) in [5, 5.41) is 0. The van der Waals surface area contributed by atoms with E-state index in [1.54, 1.807) is 0 Å². The highest BCUT2D eigenvalue weighted by Crippen LogP contribution is 2.06. The van der Waals surface area contributed by atoms with Crippen LogP contribution in [0.25, 0.3) is 0 Å². The number of nitrogens with zero attached hydrogens (tertiary/aromatic N) is 3. The van der Waals surface area contributed by atoms with Crippen LogP contribution in [0.15, 0.2) is 30.3 Å². The van der Waals surface area contributed by atoms with E-state index in [2.05, 4.69) is 72.7 Å². The third-order valence-corrected chi connectivity index (χ3v) is 5.67. The van der Waals surface area contributed by atoms with Crippen LogP contribution in [0.3, 0.4) is 0 Å². The first-order chi connectivity index (χ1) is 14.7. The summed E-state index contributed by atoms with van der Waals surface area (Å²) < 4.78 is 11.7. The second-order valence-electron chi connectivity index (χ2n) is 7.75. The van der Waals surface area contributed by atoms with E-state index in [1.807, 2.05) is 0 Å². The van der Waals surface area contributed by atoms with Gasteiger partial charge in [-0.25, -0.2) is 0 Å². The smallest absolute Gasteiger partial charge is 0.0593 e. The zero-order chi connectivity index (χ0) is 21.9. The van der Waals surface area contributed by atoms with Crippen molar-refractivity contribution in [3.63, 3.8) is 0 Å². The Kier molecular flexibility index (Phi) is 16.9. The summed E-state index contributed by atoms with van der Waals surface area (Å²) in [6.45, 7) is 21.8. The zero-order valence-corrected chi connectivity index (χ0v) is 20.2. The fourth-order valence-electron chi connectivity index (χ4n) is 3.56. The predicted octanol–water partition coefficient (Wildman–Crippen LogP) is 3.99. The minimum atomic E-state index is 0.834. The van der Waals surface area contributed by atoms with Crippen molar-refractivity contribution in [2.45, 2.75) is 47.1 Å². The summed E-state index contributed by atoms with van der Waals surface area (Å²) in [6, 6.07) is 10.8. The Hall–Kier alpha value is -0.980. The maximum atomic E-state index is 5.87. The van der Waals surface area contributed by atoms with Crippen molar-refractivity contribution in [2.75, 3.05) is 78.8 Å². The van der Waals surface area contributed by atoms with E-state index in [4.69, 9.17) is 9.47 Å². The molecular formula is C25H47N3O2. The Labute approximate surface area is 186 Å². The Morgan fingerprint density at radius 3 is 1.47 bits per heavy atom. The van der Waals surface area contributed by atoms with Crippen molar-refractivity contribution >= 4 is 0 Å². The number of likely N-dealkylation sites (N-methyl/N-ethyl adjacent to an activating group) is 2. The van der Waals surface area contributed by atoms with E-state index in [0.29, 0.717) is 0 Å². The fourth-order valence-corrected chi connectivity index (χ4v) is 3.56. The lowest BCUT2D eigenvalue weighted by molar-refractivity contribution is 0.0871. The van der Waals surface area contributed by atoms with Gasteiger partial charge in [0.1, 0.15) is 0 Å². The van der Waals surface area contributed by atoms with Gasteiger partial charge in [0.05, 0.1) is 13.2 Å². The van der Waals surface area contributed by atoms with Gasteiger partial charge in [-0.2, -0.15) is 0 Å². The molecule has 0 spiro atoms. The average Bonchev–Trinajstić information content (AvgIpc) is 2.78. The van der Waals surface area contributed by atoms with Gasteiger partial charge in [0.15, 0.2) is 0 Å². The normalized spacial score (nSPS) is 11.8. The van der Waals surface area contributed by atoms with E-state index in [1.165, 1.54) is 5.56 Å².